The van der Waals surface area contributed by atoms with Gasteiger partial charge in [-0.3, -0.25) is 4.98 Å². The van der Waals surface area contributed by atoms with Gasteiger partial charge in [0, 0.05) is 6.20 Å². The summed E-state index contributed by atoms with van der Waals surface area (Å²) in [5, 5.41) is 0. The molecule has 0 aliphatic rings. The largest absolute Gasteiger partial charge is 0.409 e. The molecule has 0 spiro atoms. The van der Waals surface area contributed by atoms with Crippen molar-refractivity contribution in [2.24, 2.45) is 5.73 Å². The Kier molecular flexibility index (Phi) is 2.61. The van der Waals surface area contributed by atoms with Gasteiger partial charge in [-0.15, -0.1) is 0 Å². The molecular formula is C7H8BF3N2. The second-order valence-electron chi connectivity index (χ2n) is 2.78. The van der Waals surface area contributed by atoms with Crippen LogP contribution in [-0.2, 0) is 0 Å². The lowest BCUT2D eigenvalue weighted by molar-refractivity contribution is -0.149. The highest BCUT2D eigenvalue weighted by molar-refractivity contribution is 6.31. The summed E-state index contributed by atoms with van der Waals surface area (Å²) in [6.07, 6.45) is -3.07. The van der Waals surface area contributed by atoms with Crippen LogP contribution in [0.2, 0.25) is 0 Å². The van der Waals surface area contributed by atoms with Gasteiger partial charge in [-0.1, -0.05) is 11.5 Å². The molecule has 0 radical (unpaired) electrons. The van der Waals surface area contributed by atoms with Gasteiger partial charge in [0.25, 0.3) is 0 Å². The van der Waals surface area contributed by atoms with Crippen LogP contribution in [-0.4, -0.2) is 19.0 Å². The Labute approximate surface area is 74.4 Å². The van der Waals surface area contributed by atoms with E-state index < -0.39 is 12.2 Å². The van der Waals surface area contributed by atoms with Crippen LogP contribution >= 0.6 is 0 Å². The molecule has 6 heteroatoms. The summed E-state index contributed by atoms with van der Waals surface area (Å²) in [6, 6.07) is 0.842. The van der Waals surface area contributed by atoms with E-state index >= 15 is 0 Å². The highest BCUT2D eigenvalue weighted by Gasteiger charge is 2.38. The number of nitrogens with zero attached hydrogens (tertiary/aromatic N) is 1. The van der Waals surface area contributed by atoms with Crippen LogP contribution in [0, 0.1) is 0 Å². The first kappa shape index (κ1) is 10.0. The predicted octanol–water partition coefficient (Wildman–Crippen LogP) is -0.0979. The third-order valence-corrected chi connectivity index (χ3v) is 1.61. The highest BCUT2D eigenvalue weighted by atomic mass is 19.4. The molecular weight excluding hydrogens is 180 g/mol. The number of hydrogen-bond donors (Lipinski definition) is 1. The summed E-state index contributed by atoms with van der Waals surface area (Å²) in [5.41, 5.74) is 5.58. The Morgan fingerprint density at radius 3 is 2.38 bits per heavy atom. The highest BCUT2D eigenvalue weighted by Crippen LogP contribution is 2.28. The van der Waals surface area contributed by atoms with E-state index in [-0.39, 0.29) is 5.69 Å². The van der Waals surface area contributed by atoms with Crippen molar-refractivity contribution >= 4 is 13.3 Å². The van der Waals surface area contributed by atoms with Crippen LogP contribution in [0.3, 0.4) is 0 Å². The molecule has 1 unspecified atom stereocenters. The van der Waals surface area contributed by atoms with Gasteiger partial charge in [-0.2, -0.15) is 13.2 Å². The smallest absolute Gasteiger partial charge is 0.315 e. The number of aromatic nitrogens is 1. The van der Waals surface area contributed by atoms with E-state index in [0.29, 0.717) is 0 Å². The molecule has 1 atom stereocenters. The van der Waals surface area contributed by atoms with E-state index in [1.54, 1.807) is 13.9 Å². The first-order chi connectivity index (χ1) is 5.91. The minimum Gasteiger partial charge on any atom is -0.315 e. The molecule has 0 aliphatic heterocycles. The molecule has 2 nitrogen and oxygen atoms in total. The van der Waals surface area contributed by atoms with Crippen molar-refractivity contribution in [2.75, 3.05) is 0 Å². The number of rotatable bonds is 1. The Morgan fingerprint density at radius 2 is 2.00 bits per heavy atom. The fourth-order valence-electron chi connectivity index (χ4n) is 0.831. The first-order valence-electron chi connectivity index (χ1n) is 3.66. The fraction of sp³-hybridized carbons (Fsp3) is 0.286. The average molecular weight is 188 g/mol. The Morgan fingerprint density at radius 1 is 1.38 bits per heavy atom. The Balaban J connectivity index is 2.90. The third kappa shape index (κ3) is 2.45. The van der Waals surface area contributed by atoms with Gasteiger partial charge in [0.2, 0.25) is 0 Å². The van der Waals surface area contributed by atoms with Crippen LogP contribution in [0.1, 0.15) is 11.7 Å². The summed E-state index contributed by atoms with van der Waals surface area (Å²) in [7, 11) is 1.75. The number of hydrogen-bond acceptors (Lipinski definition) is 2. The van der Waals surface area contributed by atoms with Gasteiger partial charge in [0.15, 0.2) is 0 Å². The summed E-state index contributed by atoms with van der Waals surface area (Å²) in [5.74, 6) is 0. The predicted molar refractivity (Wildman–Crippen MR) is 45.4 cm³/mol. The van der Waals surface area contributed by atoms with E-state index in [2.05, 4.69) is 4.98 Å². The zero-order valence-corrected chi connectivity index (χ0v) is 6.97. The third-order valence-electron chi connectivity index (χ3n) is 1.61. The van der Waals surface area contributed by atoms with Crippen molar-refractivity contribution in [2.45, 2.75) is 12.2 Å². The molecule has 1 aromatic heterocycles. The van der Waals surface area contributed by atoms with Gasteiger partial charge in [-0.05, 0) is 6.07 Å². The maximum Gasteiger partial charge on any atom is 0.409 e. The Bertz CT molecular complexity index is 283. The zero-order valence-electron chi connectivity index (χ0n) is 6.97. The SMILES string of the molecule is Bc1ccc(C(N)C(F)(F)F)nc1. The number of nitrogens with two attached hydrogens (primary N) is 1. The van der Waals surface area contributed by atoms with E-state index in [9.17, 15) is 13.2 Å². The molecule has 0 fully saturated rings. The van der Waals surface area contributed by atoms with Crippen molar-refractivity contribution in [3.63, 3.8) is 0 Å². The van der Waals surface area contributed by atoms with Gasteiger partial charge in [0.05, 0.1) is 5.69 Å². The molecule has 0 aliphatic carbocycles. The lowest BCUT2D eigenvalue weighted by Crippen LogP contribution is -2.29. The van der Waals surface area contributed by atoms with Gasteiger partial charge >= 0.3 is 6.18 Å². The molecule has 1 rings (SSSR count). The maximum absolute atomic E-state index is 12.1. The summed E-state index contributed by atoms with van der Waals surface area (Å²) >= 11 is 0. The number of halogens is 3. The summed E-state index contributed by atoms with van der Waals surface area (Å²) in [4.78, 5) is 3.60. The van der Waals surface area contributed by atoms with Crippen LogP contribution in [0.25, 0.3) is 0 Å². The molecule has 0 aromatic carbocycles. The van der Waals surface area contributed by atoms with E-state index in [4.69, 9.17) is 5.73 Å². The van der Waals surface area contributed by atoms with E-state index in [1.807, 2.05) is 0 Å². The van der Waals surface area contributed by atoms with Crippen molar-refractivity contribution in [1.29, 1.82) is 0 Å². The second-order valence-corrected chi connectivity index (χ2v) is 2.78. The second kappa shape index (κ2) is 3.37. The minimum absolute atomic E-state index is 0.155. The molecule has 13 heavy (non-hydrogen) atoms. The molecule has 1 aromatic rings. The lowest BCUT2D eigenvalue weighted by Gasteiger charge is -2.14. The van der Waals surface area contributed by atoms with Crippen LogP contribution in [0.4, 0.5) is 13.2 Å². The molecule has 2 N–H and O–H groups in total. The number of alkyl halides is 3. The van der Waals surface area contributed by atoms with Crippen molar-refractivity contribution in [3.8, 4) is 0 Å². The standard InChI is InChI=1S/C7H8BF3N2/c8-4-1-2-5(13-3-4)6(12)7(9,10)11/h1-3,6H,8,12H2. The fourth-order valence-corrected chi connectivity index (χ4v) is 0.831. The van der Waals surface area contributed by atoms with E-state index in [0.717, 1.165) is 5.46 Å². The summed E-state index contributed by atoms with van der Waals surface area (Å²) in [6.45, 7) is 0. The zero-order chi connectivity index (χ0) is 10.1. The molecule has 1 heterocycles. The lowest BCUT2D eigenvalue weighted by atomic mass is 9.98. The molecule has 0 amide bonds. The Hall–Kier alpha value is -1.04. The van der Waals surface area contributed by atoms with Crippen molar-refractivity contribution < 1.29 is 13.2 Å². The number of pyridine rings is 1. The van der Waals surface area contributed by atoms with Crippen LogP contribution in [0.15, 0.2) is 18.3 Å². The first-order valence-corrected chi connectivity index (χ1v) is 3.66. The summed E-state index contributed by atoms with van der Waals surface area (Å²) < 4.78 is 36.2. The van der Waals surface area contributed by atoms with Gasteiger partial charge in [0.1, 0.15) is 13.9 Å². The topological polar surface area (TPSA) is 38.9 Å². The molecule has 70 valence electrons. The monoisotopic (exact) mass is 188 g/mol. The van der Waals surface area contributed by atoms with Gasteiger partial charge < -0.3 is 5.73 Å². The average Bonchev–Trinajstić information content (AvgIpc) is 2.03. The minimum atomic E-state index is -4.43. The van der Waals surface area contributed by atoms with E-state index in [1.165, 1.54) is 12.3 Å². The normalized spacial score (nSPS) is 14.2. The van der Waals surface area contributed by atoms with Crippen LogP contribution < -0.4 is 11.2 Å². The molecule has 0 bridgehead atoms. The quantitative estimate of drug-likeness (QED) is 0.625. The van der Waals surface area contributed by atoms with Crippen molar-refractivity contribution in [1.82, 2.24) is 4.98 Å². The van der Waals surface area contributed by atoms with Crippen LogP contribution in [0.5, 0.6) is 0 Å². The van der Waals surface area contributed by atoms with Gasteiger partial charge in [-0.25, -0.2) is 0 Å². The maximum atomic E-state index is 12.1. The van der Waals surface area contributed by atoms with Crippen molar-refractivity contribution in [3.05, 3.63) is 24.0 Å². The molecule has 0 saturated carbocycles. The molecule has 0 saturated heterocycles.